The van der Waals surface area contributed by atoms with E-state index in [9.17, 15) is 4.79 Å². The molecule has 4 heteroatoms. The van der Waals surface area contributed by atoms with Crippen LogP contribution in [0.25, 0.3) is 11.3 Å². The molecule has 2 N–H and O–H groups in total. The molecule has 1 aromatic carbocycles. The Morgan fingerprint density at radius 2 is 1.88 bits per heavy atom. The Kier molecular flexibility index (Phi) is 2.86. The summed E-state index contributed by atoms with van der Waals surface area (Å²) in [4.78, 5) is 20.5. The lowest BCUT2D eigenvalue weighted by molar-refractivity contribution is 0.0955. The third kappa shape index (κ3) is 2.07. The smallest absolute Gasteiger partial charge is 0.170 e. The number of aromatic nitrogens is 2. The highest BCUT2D eigenvalue weighted by atomic mass is 16.1. The number of para-hydroxylation sites is 1. The number of hydrogen-bond donors (Lipinski definition) is 2. The van der Waals surface area contributed by atoms with E-state index in [0.29, 0.717) is 5.92 Å². The fraction of sp³-hybridized carbons (Fsp3) is 0.200. The number of H-pyrrole nitrogens is 1. The van der Waals surface area contributed by atoms with E-state index in [-0.39, 0.29) is 11.7 Å². The van der Waals surface area contributed by atoms with Crippen molar-refractivity contribution in [2.75, 3.05) is 5.32 Å². The summed E-state index contributed by atoms with van der Waals surface area (Å²) in [6.45, 7) is 0. The molecule has 0 amide bonds. The molecule has 0 spiro atoms. The van der Waals surface area contributed by atoms with Crippen LogP contribution in [0.5, 0.6) is 0 Å². The van der Waals surface area contributed by atoms with Gasteiger partial charge in [-0.15, -0.1) is 0 Å². The molecule has 0 unspecified atom stereocenters. The highest BCUT2D eigenvalue weighted by Gasteiger charge is 2.49. The topological polar surface area (TPSA) is 57.8 Å². The van der Waals surface area contributed by atoms with Gasteiger partial charge in [0.15, 0.2) is 5.78 Å². The number of anilines is 2. The first-order chi connectivity index (χ1) is 11.8. The van der Waals surface area contributed by atoms with Gasteiger partial charge in [-0.2, -0.15) is 0 Å². The molecule has 2 aliphatic rings. The van der Waals surface area contributed by atoms with Gasteiger partial charge in [-0.05, 0) is 43.0 Å². The van der Waals surface area contributed by atoms with Crippen molar-refractivity contribution in [2.45, 2.75) is 12.8 Å². The van der Waals surface area contributed by atoms with Crippen LogP contribution >= 0.6 is 0 Å². The first-order valence-corrected chi connectivity index (χ1v) is 8.33. The van der Waals surface area contributed by atoms with Crippen LogP contribution in [0.1, 0.15) is 22.5 Å². The molecule has 2 aromatic heterocycles. The van der Waals surface area contributed by atoms with Crippen molar-refractivity contribution in [1.29, 1.82) is 0 Å². The normalized spacial score (nSPS) is 21.1. The molecule has 0 aliphatic heterocycles. The molecule has 0 saturated heterocycles. The Balaban J connectivity index is 1.67. The van der Waals surface area contributed by atoms with Crippen molar-refractivity contribution in [2.24, 2.45) is 11.8 Å². The Morgan fingerprint density at radius 3 is 2.67 bits per heavy atom. The molecule has 2 atom stereocenters. The average Bonchev–Trinajstić information content (AvgIpc) is 3.32. The minimum Gasteiger partial charge on any atom is -0.356 e. The molecular formula is C20H17N3O. The average molecular weight is 315 g/mol. The van der Waals surface area contributed by atoms with E-state index in [4.69, 9.17) is 0 Å². The minimum absolute atomic E-state index is 0.231. The number of nitrogens with zero attached hydrogens (tertiary/aromatic N) is 1. The van der Waals surface area contributed by atoms with Crippen molar-refractivity contribution in [3.8, 4) is 11.3 Å². The third-order valence-corrected chi connectivity index (χ3v) is 5.06. The number of Topliss-reactive ketones (excluding diaryl/α,β-unsaturated/α-hetero) is 1. The number of nitrogens with one attached hydrogen (secondary N) is 2. The van der Waals surface area contributed by atoms with E-state index < -0.39 is 0 Å². The van der Waals surface area contributed by atoms with Gasteiger partial charge in [-0.25, -0.2) is 0 Å². The van der Waals surface area contributed by atoms with Gasteiger partial charge in [0, 0.05) is 35.3 Å². The quantitative estimate of drug-likeness (QED) is 0.762. The zero-order valence-corrected chi connectivity index (χ0v) is 13.1. The van der Waals surface area contributed by atoms with Crippen LogP contribution in [0.4, 0.5) is 11.4 Å². The van der Waals surface area contributed by atoms with E-state index in [2.05, 4.69) is 15.3 Å². The first kappa shape index (κ1) is 13.5. The SMILES string of the molecule is O=C1c2c([nH]c(-c3ccncc3)c2Nc2ccccc2)C[C@H]2C[C@@H]12. The number of carbonyl (C=O) groups is 1. The summed E-state index contributed by atoms with van der Waals surface area (Å²) >= 11 is 0. The Hall–Kier alpha value is -2.88. The molecule has 1 fully saturated rings. The number of fused-ring (bicyclic) bond motifs is 2. The second-order valence-electron chi connectivity index (χ2n) is 6.63. The van der Waals surface area contributed by atoms with Crippen molar-refractivity contribution < 1.29 is 4.79 Å². The number of aromatic amines is 1. The fourth-order valence-electron chi connectivity index (χ4n) is 3.74. The summed E-state index contributed by atoms with van der Waals surface area (Å²) in [5, 5.41) is 3.48. The molecule has 24 heavy (non-hydrogen) atoms. The molecule has 2 aliphatic carbocycles. The van der Waals surface area contributed by atoms with E-state index in [1.807, 2.05) is 42.5 Å². The number of benzene rings is 1. The second kappa shape index (κ2) is 5.06. The van der Waals surface area contributed by atoms with Crippen molar-refractivity contribution in [1.82, 2.24) is 9.97 Å². The van der Waals surface area contributed by atoms with Gasteiger partial charge < -0.3 is 10.3 Å². The van der Waals surface area contributed by atoms with Gasteiger partial charge in [-0.1, -0.05) is 18.2 Å². The molecule has 3 aromatic rings. The maximum atomic E-state index is 12.8. The maximum Gasteiger partial charge on any atom is 0.170 e. The van der Waals surface area contributed by atoms with Crippen molar-refractivity contribution in [3.05, 3.63) is 66.1 Å². The predicted octanol–water partition coefficient (Wildman–Crippen LogP) is 4.20. The summed E-state index contributed by atoms with van der Waals surface area (Å²) in [6.07, 6.45) is 5.57. The predicted molar refractivity (Wildman–Crippen MR) is 93.4 cm³/mol. The largest absolute Gasteiger partial charge is 0.356 e. The lowest BCUT2D eigenvalue weighted by Crippen LogP contribution is -2.14. The highest BCUT2D eigenvalue weighted by Crippen LogP contribution is 2.51. The van der Waals surface area contributed by atoms with Crippen LogP contribution in [0, 0.1) is 11.8 Å². The molecule has 118 valence electrons. The van der Waals surface area contributed by atoms with Crippen LogP contribution in [0.3, 0.4) is 0 Å². The van der Waals surface area contributed by atoms with E-state index in [1.54, 1.807) is 12.4 Å². The lowest BCUT2D eigenvalue weighted by Gasteiger charge is -2.13. The molecule has 0 radical (unpaired) electrons. The number of pyridine rings is 1. The van der Waals surface area contributed by atoms with Gasteiger partial charge in [-0.3, -0.25) is 9.78 Å². The zero-order valence-electron chi connectivity index (χ0n) is 13.1. The van der Waals surface area contributed by atoms with Gasteiger partial charge in [0.1, 0.15) is 0 Å². The molecule has 0 bridgehead atoms. The van der Waals surface area contributed by atoms with Gasteiger partial charge in [0.2, 0.25) is 0 Å². The number of hydrogen-bond acceptors (Lipinski definition) is 3. The summed E-state index contributed by atoms with van der Waals surface area (Å²) in [5.41, 5.74) is 5.83. The highest BCUT2D eigenvalue weighted by molar-refractivity contribution is 6.09. The van der Waals surface area contributed by atoms with Crippen LogP contribution in [-0.2, 0) is 6.42 Å². The van der Waals surface area contributed by atoms with E-state index in [1.165, 1.54) is 0 Å². The molecular weight excluding hydrogens is 298 g/mol. The van der Waals surface area contributed by atoms with Crippen molar-refractivity contribution in [3.63, 3.8) is 0 Å². The van der Waals surface area contributed by atoms with Gasteiger partial charge >= 0.3 is 0 Å². The van der Waals surface area contributed by atoms with E-state index in [0.717, 1.165) is 46.7 Å². The van der Waals surface area contributed by atoms with Crippen molar-refractivity contribution >= 4 is 17.2 Å². The van der Waals surface area contributed by atoms with E-state index >= 15 is 0 Å². The van der Waals surface area contributed by atoms with Crippen LogP contribution in [-0.4, -0.2) is 15.8 Å². The van der Waals surface area contributed by atoms with Gasteiger partial charge in [0.05, 0.1) is 16.9 Å². The van der Waals surface area contributed by atoms with Crippen LogP contribution in [0.15, 0.2) is 54.9 Å². The first-order valence-electron chi connectivity index (χ1n) is 8.33. The Labute approximate surface area is 139 Å². The Morgan fingerprint density at radius 1 is 1.08 bits per heavy atom. The minimum atomic E-state index is 0.231. The molecule has 1 saturated carbocycles. The monoisotopic (exact) mass is 315 g/mol. The van der Waals surface area contributed by atoms with Crippen LogP contribution in [0.2, 0.25) is 0 Å². The maximum absolute atomic E-state index is 12.8. The summed E-state index contributed by atoms with van der Waals surface area (Å²) in [5.74, 6) is 1.06. The van der Waals surface area contributed by atoms with Gasteiger partial charge in [0.25, 0.3) is 0 Å². The number of ketones is 1. The second-order valence-corrected chi connectivity index (χ2v) is 6.63. The standard InChI is InChI=1S/C20H17N3O/c24-20-15-10-13(15)11-16-17(20)19(22-14-4-2-1-3-5-14)18(23-16)12-6-8-21-9-7-12/h1-9,13,15,22-23H,10-11H2/t13-,15-/m1/s1. The fourth-order valence-corrected chi connectivity index (χ4v) is 3.74. The summed E-state index contributed by atoms with van der Waals surface area (Å²) < 4.78 is 0. The molecule has 4 nitrogen and oxygen atoms in total. The summed E-state index contributed by atoms with van der Waals surface area (Å²) in [7, 11) is 0. The summed E-state index contributed by atoms with van der Waals surface area (Å²) in [6, 6.07) is 13.9. The molecule has 2 heterocycles. The number of rotatable bonds is 3. The Bertz CT molecular complexity index is 915. The third-order valence-electron chi connectivity index (χ3n) is 5.06. The lowest BCUT2D eigenvalue weighted by atomic mass is 9.95. The molecule has 5 rings (SSSR count). The van der Waals surface area contributed by atoms with Crippen LogP contribution < -0.4 is 5.32 Å². The zero-order chi connectivity index (χ0) is 16.1. The number of carbonyl (C=O) groups excluding carboxylic acids is 1.